The molecule has 1 amide bonds. The summed E-state index contributed by atoms with van der Waals surface area (Å²) in [6.45, 7) is 0.510. The van der Waals surface area contributed by atoms with E-state index in [-0.39, 0.29) is 12.5 Å². The van der Waals surface area contributed by atoms with Crippen LogP contribution in [0.15, 0.2) is 12.3 Å². The number of fused-ring (bicyclic) bond motifs is 1. The molecule has 6 nitrogen and oxygen atoms in total. The number of hydrogen-bond acceptors (Lipinski definition) is 6. The first-order chi connectivity index (χ1) is 7.81. The Kier molecular flexibility index (Phi) is 3.37. The predicted octanol–water partition coefficient (Wildman–Crippen LogP) is 0.198. The fourth-order valence-electron chi connectivity index (χ4n) is 1.19. The Morgan fingerprint density at radius 3 is 3.19 bits per heavy atom. The summed E-state index contributed by atoms with van der Waals surface area (Å²) < 4.78 is 7.96. The number of aromatic nitrogens is 3. The molecule has 0 aromatic carbocycles. The molecular formula is C9H10N4O2S. The number of nitrogens with zero attached hydrogens (tertiary/aromatic N) is 3. The molecule has 0 spiro atoms. The number of aliphatic hydroxyl groups is 1. The number of carbonyl (C=O) groups excluding carboxylic acids is 1. The molecule has 2 N–H and O–H groups in total. The topological polar surface area (TPSA) is 88.0 Å². The van der Waals surface area contributed by atoms with E-state index in [1.807, 2.05) is 0 Å². The van der Waals surface area contributed by atoms with Gasteiger partial charge in [-0.25, -0.2) is 4.98 Å². The number of rotatable bonds is 4. The molecule has 16 heavy (non-hydrogen) atoms. The molecule has 2 rings (SSSR count). The zero-order chi connectivity index (χ0) is 11.4. The van der Waals surface area contributed by atoms with Crippen LogP contribution in [0.25, 0.3) is 11.2 Å². The summed E-state index contributed by atoms with van der Waals surface area (Å²) in [5, 5.41) is 11.3. The molecule has 0 saturated heterocycles. The van der Waals surface area contributed by atoms with E-state index in [1.54, 1.807) is 6.07 Å². The average molecular weight is 238 g/mol. The van der Waals surface area contributed by atoms with Crippen molar-refractivity contribution >= 4 is 28.8 Å². The van der Waals surface area contributed by atoms with Gasteiger partial charge >= 0.3 is 0 Å². The van der Waals surface area contributed by atoms with Crippen LogP contribution >= 0.6 is 11.7 Å². The van der Waals surface area contributed by atoms with Crippen LogP contribution in [0, 0.1) is 0 Å². The third kappa shape index (κ3) is 2.31. The summed E-state index contributed by atoms with van der Waals surface area (Å²) in [5.74, 6) is -0.212. The lowest BCUT2D eigenvalue weighted by atomic mass is 10.2. The highest BCUT2D eigenvalue weighted by atomic mass is 32.1. The van der Waals surface area contributed by atoms with Crippen LogP contribution in [0.4, 0.5) is 0 Å². The Hall–Kier alpha value is -1.60. The Labute approximate surface area is 95.7 Å². The third-order valence-electron chi connectivity index (χ3n) is 2.00. The maximum Gasteiger partial charge on any atom is 0.252 e. The van der Waals surface area contributed by atoms with E-state index in [1.165, 1.54) is 6.20 Å². The normalized spacial score (nSPS) is 10.6. The molecule has 2 heterocycles. The van der Waals surface area contributed by atoms with E-state index >= 15 is 0 Å². The first-order valence-corrected chi connectivity index (χ1v) is 5.51. The number of carbonyl (C=O) groups is 1. The maximum atomic E-state index is 11.6. The molecule has 7 heteroatoms. The van der Waals surface area contributed by atoms with Gasteiger partial charge < -0.3 is 10.4 Å². The largest absolute Gasteiger partial charge is 0.396 e. The molecule has 0 atom stereocenters. The highest BCUT2D eigenvalue weighted by molar-refractivity contribution is 7.00. The van der Waals surface area contributed by atoms with Gasteiger partial charge in [0, 0.05) is 19.3 Å². The second-order valence-corrected chi connectivity index (χ2v) is 3.69. The standard InChI is InChI=1S/C9H10N4O2S/c14-3-1-2-10-9(15)6-4-7-8(11-5-6)13-16-12-7/h4-5,14H,1-3H2,(H,10,15). The summed E-state index contributed by atoms with van der Waals surface area (Å²) in [4.78, 5) is 15.6. The Balaban J connectivity index is 2.10. The monoisotopic (exact) mass is 238 g/mol. The lowest BCUT2D eigenvalue weighted by Gasteiger charge is -2.02. The van der Waals surface area contributed by atoms with Crippen LogP contribution in [0.1, 0.15) is 16.8 Å². The Bertz CT molecular complexity index is 499. The number of pyridine rings is 1. The van der Waals surface area contributed by atoms with Crippen LogP contribution in [0.5, 0.6) is 0 Å². The Morgan fingerprint density at radius 2 is 2.38 bits per heavy atom. The second-order valence-electron chi connectivity index (χ2n) is 3.16. The van der Waals surface area contributed by atoms with Crippen LogP contribution in [0.2, 0.25) is 0 Å². The fraction of sp³-hybridized carbons (Fsp3) is 0.333. The van der Waals surface area contributed by atoms with Crippen molar-refractivity contribution in [1.29, 1.82) is 0 Å². The van der Waals surface area contributed by atoms with Gasteiger partial charge in [0.2, 0.25) is 0 Å². The van der Waals surface area contributed by atoms with Gasteiger partial charge in [0.15, 0.2) is 5.65 Å². The van der Waals surface area contributed by atoms with Crippen LogP contribution in [-0.4, -0.2) is 37.9 Å². The first-order valence-electron chi connectivity index (χ1n) is 4.78. The zero-order valence-corrected chi connectivity index (χ0v) is 9.20. The van der Waals surface area contributed by atoms with Crippen LogP contribution in [0.3, 0.4) is 0 Å². The quantitative estimate of drug-likeness (QED) is 0.743. The van der Waals surface area contributed by atoms with Crippen molar-refractivity contribution in [1.82, 2.24) is 19.0 Å². The molecule has 2 aromatic rings. The fourth-order valence-corrected chi connectivity index (χ4v) is 1.67. The van der Waals surface area contributed by atoms with E-state index < -0.39 is 0 Å². The number of hydrogen-bond donors (Lipinski definition) is 2. The van der Waals surface area contributed by atoms with Gasteiger partial charge in [0.1, 0.15) is 5.52 Å². The summed E-state index contributed by atoms with van der Waals surface area (Å²) in [6.07, 6.45) is 2.01. The summed E-state index contributed by atoms with van der Waals surface area (Å²) in [5.41, 5.74) is 1.63. The van der Waals surface area contributed by atoms with Crippen molar-refractivity contribution in [2.75, 3.05) is 13.2 Å². The van der Waals surface area contributed by atoms with E-state index in [0.717, 1.165) is 11.7 Å². The predicted molar refractivity (Wildman–Crippen MR) is 59.2 cm³/mol. The van der Waals surface area contributed by atoms with Gasteiger partial charge in [-0.1, -0.05) is 0 Å². The second kappa shape index (κ2) is 4.95. The van der Waals surface area contributed by atoms with Crippen molar-refractivity contribution in [2.24, 2.45) is 0 Å². The third-order valence-corrected chi connectivity index (χ3v) is 2.53. The van der Waals surface area contributed by atoms with Crippen LogP contribution < -0.4 is 5.32 Å². The minimum atomic E-state index is -0.212. The van der Waals surface area contributed by atoms with Gasteiger partial charge in [-0.3, -0.25) is 4.79 Å². The lowest BCUT2D eigenvalue weighted by molar-refractivity contribution is 0.0951. The van der Waals surface area contributed by atoms with Crippen molar-refractivity contribution in [3.05, 3.63) is 17.8 Å². The molecule has 0 fully saturated rings. The van der Waals surface area contributed by atoms with Gasteiger partial charge in [0.05, 0.1) is 17.3 Å². The minimum absolute atomic E-state index is 0.0631. The summed E-state index contributed by atoms with van der Waals surface area (Å²) in [7, 11) is 0. The number of amides is 1. The van der Waals surface area contributed by atoms with Crippen molar-refractivity contribution in [3.8, 4) is 0 Å². The number of aliphatic hydroxyl groups excluding tert-OH is 1. The van der Waals surface area contributed by atoms with Gasteiger partial charge in [0.25, 0.3) is 5.91 Å². The Morgan fingerprint density at radius 1 is 1.50 bits per heavy atom. The lowest BCUT2D eigenvalue weighted by Crippen LogP contribution is -2.25. The van der Waals surface area contributed by atoms with Crippen molar-refractivity contribution < 1.29 is 9.90 Å². The smallest absolute Gasteiger partial charge is 0.252 e. The summed E-state index contributed by atoms with van der Waals surface area (Å²) in [6, 6.07) is 1.65. The maximum absolute atomic E-state index is 11.6. The van der Waals surface area contributed by atoms with Gasteiger partial charge in [-0.15, -0.1) is 0 Å². The van der Waals surface area contributed by atoms with E-state index in [9.17, 15) is 4.79 Å². The molecule has 84 valence electrons. The highest BCUT2D eigenvalue weighted by Crippen LogP contribution is 2.10. The molecule has 0 unspecified atom stereocenters. The molecule has 2 aromatic heterocycles. The van der Waals surface area contributed by atoms with Crippen LogP contribution in [-0.2, 0) is 0 Å². The van der Waals surface area contributed by atoms with Crippen molar-refractivity contribution in [3.63, 3.8) is 0 Å². The van der Waals surface area contributed by atoms with Gasteiger partial charge in [-0.2, -0.15) is 8.75 Å². The highest BCUT2D eigenvalue weighted by Gasteiger charge is 2.08. The molecule has 0 radical (unpaired) electrons. The molecular weight excluding hydrogens is 228 g/mol. The molecule has 0 aliphatic heterocycles. The van der Waals surface area contributed by atoms with E-state index in [2.05, 4.69) is 19.0 Å². The first kappa shape index (κ1) is 10.9. The van der Waals surface area contributed by atoms with E-state index in [0.29, 0.717) is 29.7 Å². The van der Waals surface area contributed by atoms with Crippen molar-refractivity contribution in [2.45, 2.75) is 6.42 Å². The van der Waals surface area contributed by atoms with E-state index in [4.69, 9.17) is 5.11 Å². The molecule has 0 bridgehead atoms. The zero-order valence-electron chi connectivity index (χ0n) is 8.38. The number of nitrogens with one attached hydrogen (secondary N) is 1. The molecule has 0 saturated carbocycles. The summed E-state index contributed by atoms with van der Waals surface area (Å²) >= 11 is 1.07. The SMILES string of the molecule is O=C(NCCCO)c1cnc2nsnc2c1. The minimum Gasteiger partial charge on any atom is -0.396 e. The molecule has 0 aliphatic rings. The average Bonchev–Trinajstić information content (AvgIpc) is 2.76. The van der Waals surface area contributed by atoms with Gasteiger partial charge in [-0.05, 0) is 12.5 Å². The molecule has 0 aliphatic carbocycles.